The van der Waals surface area contributed by atoms with E-state index < -0.39 is 0 Å². The van der Waals surface area contributed by atoms with Crippen molar-refractivity contribution in [3.63, 3.8) is 0 Å². The van der Waals surface area contributed by atoms with Crippen molar-refractivity contribution < 1.29 is 9.90 Å². The highest BCUT2D eigenvalue weighted by atomic mass is 35.5. The molecule has 4 rings (SSSR count). The molecule has 1 saturated heterocycles. The highest BCUT2D eigenvalue weighted by Gasteiger charge is 2.27. The minimum absolute atomic E-state index is 0.00433. The maximum Gasteiger partial charge on any atom is 0.285 e. The normalized spacial score (nSPS) is 16.9. The summed E-state index contributed by atoms with van der Waals surface area (Å²) in [5.74, 6) is 0.231. The van der Waals surface area contributed by atoms with E-state index in [-0.39, 0.29) is 24.2 Å². The van der Waals surface area contributed by atoms with Crippen LogP contribution in [0.2, 0.25) is 10.0 Å². The number of aliphatic hydroxyl groups excluding tert-OH is 1. The number of carbonyl (C=O) groups excluding carboxylic acids is 1. The molecule has 29 heavy (non-hydrogen) atoms. The first-order valence-electron chi connectivity index (χ1n) is 9.35. The molecule has 1 atom stereocenters. The van der Waals surface area contributed by atoms with Crippen LogP contribution in [0.15, 0.2) is 54.7 Å². The van der Waals surface area contributed by atoms with Crippen molar-refractivity contribution in [2.24, 2.45) is 0 Å². The van der Waals surface area contributed by atoms with Crippen molar-refractivity contribution in [2.45, 2.75) is 18.9 Å². The topological polar surface area (TPSA) is 70.4 Å². The molecule has 2 aromatic carbocycles. The molecule has 0 aliphatic carbocycles. The Morgan fingerprint density at radius 2 is 1.93 bits per heavy atom. The summed E-state index contributed by atoms with van der Waals surface area (Å²) < 4.78 is 1.82. The third-order valence-electron chi connectivity index (χ3n) is 4.99. The van der Waals surface area contributed by atoms with Crippen LogP contribution in [0.4, 0.5) is 0 Å². The van der Waals surface area contributed by atoms with E-state index in [0.29, 0.717) is 22.4 Å². The Bertz CT molecular complexity index is 1020. The van der Waals surface area contributed by atoms with Crippen molar-refractivity contribution in [2.75, 3.05) is 13.2 Å². The van der Waals surface area contributed by atoms with Crippen LogP contribution in [-0.4, -0.2) is 44.8 Å². The van der Waals surface area contributed by atoms with Gasteiger partial charge in [-0.05, 0) is 49.2 Å². The Balaban J connectivity index is 1.72. The quantitative estimate of drug-likeness (QED) is 0.642. The number of benzene rings is 2. The molecule has 1 amide bonds. The summed E-state index contributed by atoms with van der Waals surface area (Å²) >= 11 is 12.4. The lowest BCUT2D eigenvalue weighted by Crippen LogP contribution is -2.46. The Hall–Kier alpha value is -2.38. The zero-order valence-electron chi connectivity index (χ0n) is 15.6. The maximum absolute atomic E-state index is 12.9. The summed E-state index contributed by atoms with van der Waals surface area (Å²) in [6, 6.07) is 14.6. The average molecular weight is 431 g/mol. The molecule has 0 unspecified atom stereocenters. The molecule has 3 aromatic rings. The average Bonchev–Trinajstić information content (AvgIpc) is 3.36. The molecule has 1 aliphatic heterocycles. The standard InChI is InChI=1S/C21H20Cl2N4O2/c22-14-7-9-15(10-8-14)26-12-19(21(29)25-27-11-3-4-16(27)13-28)24-20(26)17-5-1-2-6-18(17)23/h1-2,5-10,12,16,28H,3-4,11,13H2,(H,25,29)/t16-/m1/s1. The van der Waals surface area contributed by atoms with E-state index in [1.807, 2.05) is 34.9 Å². The summed E-state index contributed by atoms with van der Waals surface area (Å²) in [6.07, 6.45) is 3.46. The fraction of sp³-hybridized carbons (Fsp3) is 0.238. The van der Waals surface area contributed by atoms with E-state index in [1.54, 1.807) is 29.4 Å². The van der Waals surface area contributed by atoms with Gasteiger partial charge < -0.3 is 5.11 Å². The molecular weight excluding hydrogens is 411 g/mol. The van der Waals surface area contributed by atoms with Crippen LogP contribution in [0.1, 0.15) is 23.3 Å². The fourth-order valence-corrected chi connectivity index (χ4v) is 3.83. The van der Waals surface area contributed by atoms with E-state index in [0.717, 1.165) is 24.1 Å². The summed E-state index contributed by atoms with van der Waals surface area (Å²) in [5.41, 5.74) is 4.66. The number of hydrazine groups is 1. The van der Waals surface area contributed by atoms with E-state index >= 15 is 0 Å². The minimum atomic E-state index is -0.327. The zero-order valence-corrected chi connectivity index (χ0v) is 17.1. The molecular formula is C21H20Cl2N4O2. The molecule has 1 aromatic heterocycles. The van der Waals surface area contributed by atoms with Gasteiger partial charge in [-0.2, -0.15) is 0 Å². The first kappa shape index (κ1) is 19.9. The molecule has 6 nitrogen and oxygen atoms in total. The highest BCUT2D eigenvalue weighted by molar-refractivity contribution is 6.33. The van der Waals surface area contributed by atoms with Gasteiger partial charge in [-0.25, -0.2) is 9.99 Å². The summed E-state index contributed by atoms with van der Waals surface area (Å²) in [5, 5.41) is 12.4. The Morgan fingerprint density at radius 1 is 1.17 bits per heavy atom. The lowest BCUT2D eigenvalue weighted by Gasteiger charge is -2.22. The molecule has 1 aliphatic rings. The smallest absolute Gasteiger partial charge is 0.285 e. The molecule has 150 valence electrons. The molecule has 1 fully saturated rings. The lowest BCUT2D eigenvalue weighted by atomic mass is 10.2. The second kappa shape index (κ2) is 8.55. The number of imidazole rings is 1. The van der Waals surface area contributed by atoms with Gasteiger partial charge in [-0.3, -0.25) is 14.8 Å². The first-order chi connectivity index (χ1) is 14.1. The number of halogens is 2. The maximum atomic E-state index is 12.9. The summed E-state index contributed by atoms with van der Waals surface area (Å²) in [7, 11) is 0. The Labute approximate surface area is 178 Å². The number of rotatable bonds is 5. The predicted octanol–water partition coefficient (Wildman–Crippen LogP) is 3.95. The molecule has 2 heterocycles. The number of nitrogens with one attached hydrogen (secondary N) is 1. The van der Waals surface area contributed by atoms with Crippen molar-refractivity contribution in [1.29, 1.82) is 0 Å². The van der Waals surface area contributed by atoms with Gasteiger partial charge in [0.1, 0.15) is 11.5 Å². The first-order valence-corrected chi connectivity index (χ1v) is 10.1. The van der Waals surface area contributed by atoms with Crippen LogP contribution in [0, 0.1) is 0 Å². The number of hydrogen-bond donors (Lipinski definition) is 2. The highest BCUT2D eigenvalue weighted by Crippen LogP contribution is 2.29. The molecule has 0 spiro atoms. The van der Waals surface area contributed by atoms with E-state index in [4.69, 9.17) is 23.2 Å². The number of nitrogens with zero attached hydrogens (tertiary/aromatic N) is 3. The van der Waals surface area contributed by atoms with Gasteiger partial charge in [-0.1, -0.05) is 35.3 Å². The molecule has 8 heteroatoms. The lowest BCUT2D eigenvalue weighted by molar-refractivity contribution is 0.0682. The Morgan fingerprint density at radius 3 is 2.66 bits per heavy atom. The van der Waals surface area contributed by atoms with Crippen molar-refractivity contribution in [1.82, 2.24) is 20.0 Å². The van der Waals surface area contributed by atoms with Gasteiger partial charge in [0, 0.05) is 29.0 Å². The molecule has 0 bridgehead atoms. The third-order valence-corrected chi connectivity index (χ3v) is 5.57. The molecule has 0 saturated carbocycles. The van der Waals surface area contributed by atoms with E-state index in [1.165, 1.54) is 0 Å². The Kier molecular flexibility index (Phi) is 5.87. The minimum Gasteiger partial charge on any atom is -0.395 e. The van der Waals surface area contributed by atoms with Crippen LogP contribution < -0.4 is 5.43 Å². The van der Waals surface area contributed by atoms with E-state index in [2.05, 4.69) is 10.4 Å². The van der Waals surface area contributed by atoms with Gasteiger partial charge in [0.2, 0.25) is 0 Å². The summed E-state index contributed by atoms with van der Waals surface area (Å²) in [6.45, 7) is 0.705. The summed E-state index contributed by atoms with van der Waals surface area (Å²) in [4.78, 5) is 17.4. The van der Waals surface area contributed by atoms with Crippen LogP contribution in [0.5, 0.6) is 0 Å². The number of amides is 1. The van der Waals surface area contributed by atoms with E-state index in [9.17, 15) is 9.90 Å². The van der Waals surface area contributed by atoms with Gasteiger partial charge >= 0.3 is 0 Å². The van der Waals surface area contributed by atoms with Crippen LogP contribution in [0.25, 0.3) is 17.1 Å². The zero-order chi connectivity index (χ0) is 20.4. The number of aromatic nitrogens is 2. The van der Waals surface area contributed by atoms with Gasteiger partial charge in [0.15, 0.2) is 0 Å². The van der Waals surface area contributed by atoms with Gasteiger partial charge in [-0.15, -0.1) is 0 Å². The van der Waals surface area contributed by atoms with Crippen molar-refractivity contribution in [3.05, 3.63) is 70.5 Å². The van der Waals surface area contributed by atoms with Crippen LogP contribution in [0.3, 0.4) is 0 Å². The largest absolute Gasteiger partial charge is 0.395 e. The second-order valence-corrected chi connectivity index (χ2v) is 7.73. The predicted molar refractivity (Wildman–Crippen MR) is 113 cm³/mol. The molecule has 0 radical (unpaired) electrons. The fourth-order valence-electron chi connectivity index (χ4n) is 3.48. The SMILES string of the molecule is O=C(NN1CCC[C@@H]1CO)c1cn(-c2ccc(Cl)cc2)c(-c2ccccc2Cl)n1. The van der Waals surface area contributed by atoms with Crippen molar-refractivity contribution >= 4 is 29.1 Å². The molecule has 2 N–H and O–H groups in total. The number of carbonyl (C=O) groups is 1. The van der Waals surface area contributed by atoms with Gasteiger partial charge in [0.25, 0.3) is 5.91 Å². The number of aliphatic hydroxyl groups is 1. The monoisotopic (exact) mass is 430 g/mol. The van der Waals surface area contributed by atoms with Gasteiger partial charge in [0.05, 0.1) is 17.7 Å². The second-order valence-electron chi connectivity index (χ2n) is 6.89. The van der Waals surface area contributed by atoms with Crippen molar-refractivity contribution in [3.8, 4) is 17.1 Å². The number of hydrogen-bond acceptors (Lipinski definition) is 4. The third kappa shape index (κ3) is 4.16. The van der Waals surface area contributed by atoms with Crippen LogP contribution in [-0.2, 0) is 0 Å². The van der Waals surface area contributed by atoms with Crippen LogP contribution >= 0.6 is 23.2 Å².